The zero-order valence-corrected chi connectivity index (χ0v) is 17.4. The number of para-hydroxylation sites is 2. The highest BCUT2D eigenvalue weighted by Gasteiger charge is 2.10. The molecule has 0 atom stereocenters. The second kappa shape index (κ2) is 8.34. The molecule has 3 aromatic rings. The van der Waals surface area contributed by atoms with Crippen LogP contribution >= 0.6 is 31.9 Å². The van der Waals surface area contributed by atoms with Crippen LogP contribution in [0.5, 0.6) is 5.75 Å². The van der Waals surface area contributed by atoms with Crippen molar-refractivity contribution in [2.75, 3.05) is 6.54 Å². The van der Waals surface area contributed by atoms with Crippen molar-refractivity contribution < 1.29 is 4.74 Å². The summed E-state index contributed by atoms with van der Waals surface area (Å²) in [6.45, 7) is 5.69. The fourth-order valence-corrected chi connectivity index (χ4v) is 4.09. The van der Waals surface area contributed by atoms with E-state index in [0.29, 0.717) is 0 Å². The third-order valence-corrected chi connectivity index (χ3v) is 4.90. The first-order valence-corrected chi connectivity index (χ1v) is 9.90. The molecule has 132 valence electrons. The molecule has 1 aromatic heterocycles. The fraction of sp³-hybridized carbons (Fsp3) is 0.316. The number of rotatable bonds is 7. The van der Waals surface area contributed by atoms with E-state index in [-0.39, 0.29) is 6.10 Å². The quantitative estimate of drug-likeness (QED) is 0.470. The lowest BCUT2D eigenvalue weighted by atomic mass is 10.2. The summed E-state index contributed by atoms with van der Waals surface area (Å²) in [5.41, 5.74) is 3.30. The number of imidazole rings is 1. The van der Waals surface area contributed by atoms with Gasteiger partial charge in [0.15, 0.2) is 0 Å². The molecule has 1 heterocycles. The Kier molecular flexibility index (Phi) is 6.15. The number of H-pyrrole nitrogens is 1. The largest absolute Gasteiger partial charge is 0.489 e. The van der Waals surface area contributed by atoms with Crippen LogP contribution in [0.2, 0.25) is 0 Å². The van der Waals surface area contributed by atoms with Crippen molar-refractivity contribution in [1.82, 2.24) is 15.3 Å². The maximum Gasteiger partial charge on any atom is 0.148 e. The minimum atomic E-state index is 0.139. The molecule has 0 unspecified atom stereocenters. The Morgan fingerprint density at radius 1 is 1.16 bits per heavy atom. The van der Waals surface area contributed by atoms with Gasteiger partial charge >= 0.3 is 0 Å². The molecule has 0 aliphatic heterocycles. The van der Waals surface area contributed by atoms with E-state index in [1.807, 2.05) is 32.0 Å². The van der Waals surface area contributed by atoms with Gasteiger partial charge in [-0.15, -0.1) is 0 Å². The van der Waals surface area contributed by atoms with Gasteiger partial charge in [0.05, 0.1) is 26.1 Å². The second-order valence-corrected chi connectivity index (χ2v) is 7.89. The number of nitrogens with zero attached hydrogens (tertiary/aromatic N) is 1. The Hall–Kier alpha value is -1.37. The predicted octanol–water partition coefficient (Wildman–Crippen LogP) is 5.21. The maximum absolute atomic E-state index is 5.82. The smallest absolute Gasteiger partial charge is 0.148 e. The van der Waals surface area contributed by atoms with Crippen LogP contribution in [-0.2, 0) is 13.0 Å². The molecule has 3 rings (SSSR count). The van der Waals surface area contributed by atoms with Crippen molar-refractivity contribution in [3.05, 3.63) is 56.7 Å². The van der Waals surface area contributed by atoms with Gasteiger partial charge in [0.2, 0.25) is 0 Å². The van der Waals surface area contributed by atoms with E-state index in [0.717, 1.165) is 51.1 Å². The monoisotopic (exact) mass is 465 g/mol. The lowest BCUT2D eigenvalue weighted by Gasteiger charge is -2.15. The first-order valence-electron chi connectivity index (χ1n) is 8.32. The molecular formula is C19H21Br2N3O. The van der Waals surface area contributed by atoms with Crippen LogP contribution in [0.4, 0.5) is 0 Å². The standard InChI is InChI=1S/C19H21Br2N3O/c1-12(2)25-19-14(20)9-13(10-15(19)21)11-22-8-7-18-23-16-5-3-4-6-17(16)24-18/h3-6,9-10,12,22H,7-8,11H2,1-2H3,(H,23,24). The fourth-order valence-electron chi connectivity index (χ4n) is 2.63. The lowest BCUT2D eigenvalue weighted by molar-refractivity contribution is 0.239. The number of nitrogens with one attached hydrogen (secondary N) is 2. The van der Waals surface area contributed by atoms with E-state index in [2.05, 4.69) is 65.3 Å². The Bertz CT molecular complexity index is 805. The molecule has 0 fully saturated rings. The van der Waals surface area contributed by atoms with Gasteiger partial charge in [-0.3, -0.25) is 0 Å². The minimum Gasteiger partial charge on any atom is -0.489 e. The molecule has 0 aliphatic carbocycles. The topological polar surface area (TPSA) is 49.9 Å². The molecule has 4 nitrogen and oxygen atoms in total. The first kappa shape index (κ1) is 18.4. The van der Waals surface area contributed by atoms with Crippen molar-refractivity contribution in [3.63, 3.8) is 0 Å². The molecule has 0 bridgehead atoms. The van der Waals surface area contributed by atoms with Gasteiger partial charge in [-0.1, -0.05) is 12.1 Å². The molecule has 0 aliphatic rings. The third kappa shape index (κ3) is 4.84. The predicted molar refractivity (Wildman–Crippen MR) is 109 cm³/mol. The van der Waals surface area contributed by atoms with E-state index < -0.39 is 0 Å². The van der Waals surface area contributed by atoms with E-state index in [1.165, 1.54) is 5.56 Å². The zero-order valence-electron chi connectivity index (χ0n) is 14.3. The van der Waals surface area contributed by atoms with Gasteiger partial charge in [0.1, 0.15) is 11.6 Å². The summed E-state index contributed by atoms with van der Waals surface area (Å²) in [6.07, 6.45) is 1.01. The van der Waals surface area contributed by atoms with Crippen LogP contribution in [-0.4, -0.2) is 22.6 Å². The van der Waals surface area contributed by atoms with E-state index in [9.17, 15) is 0 Å². The third-order valence-electron chi connectivity index (χ3n) is 3.72. The summed E-state index contributed by atoms with van der Waals surface area (Å²) in [4.78, 5) is 7.95. The van der Waals surface area contributed by atoms with Crippen LogP contribution in [0.25, 0.3) is 11.0 Å². The second-order valence-electron chi connectivity index (χ2n) is 6.18. The van der Waals surface area contributed by atoms with Gasteiger partial charge in [-0.05, 0) is 75.5 Å². The molecule has 0 saturated heterocycles. The maximum atomic E-state index is 5.82. The number of ether oxygens (including phenoxy) is 1. The Morgan fingerprint density at radius 2 is 1.88 bits per heavy atom. The van der Waals surface area contributed by atoms with Crippen molar-refractivity contribution >= 4 is 42.9 Å². The molecule has 0 radical (unpaired) electrons. The first-order chi connectivity index (χ1) is 12.0. The molecule has 6 heteroatoms. The van der Waals surface area contributed by atoms with Gasteiger partial charge in [0.25, 0.3) is 0 Å². The van der Waals surface area contributed by atoms with Crippen molar-refractivity contribution in [1.29, 1.82) is 0 Å². The average molecular weight is 467 g/mol. The number of hydrogen-bond donors (Lipinski definition) is 2. The highest BCUT2D eigenvalue weighted by molar-refractivity contribution is 9.11. The minimum absolute atomic E-state index is 0.139. The van der Waals surface area contributed by atoms with Crippen LogP contribution in [0.15, 0.2) is 45.3 Å². The zero-order chi connectivity index (χ0) is 17.8. The SMILES string of the molecule is CC(C)Oc1c(Br)cc(CNCCc2nc3ccccc3[nH]2)cc1Br. The molecular weight excluding hydrogens is 446 g/mol. The number of aromatic amines is 1. The van der Waals surface area contributed by atoms with Gasteiger partial charge in [-0.25, -0.2) is 4.98 Å². The molecule has 0 amide bonds. The molecule has 0 spiro atoms. The molecule has 2 N–H and O–H groups in total. The summed E-state index contributed by atoms with van der Waals surface area (Å²) in [5.74, 6) is 1.86. The summed E-state index contributed by atoms with van der Waals surface area (Å²) < 4.78 is 7.74. The average Bonchev–Trinajstić information content (AvgIpc) is 2.97. The molecule has 0 saturated carbocycles. The Balaban J connectivity index is 1.55. The van der Waals surface area contributed by atoms with Crippen LogP contribution in [0.3, 0.4) is 0 Å². The van der Waals surface area contributed by atoms with Crippen molar-refractivity contribution in [3.8, 4) is 5.75 Å². The summed E-state index contributed by atoms with van der Waals surface area (Å²) in [6, 6.07) is 12.3. The van der Waals surface area contributed by atoms with Crippen LogP contribution < -0.4 is 10.1 Å². The van der Waals surface area contributed by atoms with Crippen molar-refractivity contribution in [2.45, 2.75) is 32.9 Å². The van der Waals surface area contributed by atoms with E-state index in [4.69, 9.17) is 4.74 Å². The number of hydrogen-bond acceptors (Lipinski definition) is 3. The number of fused-ring (bicyclic) bond motifs is 1. The van der Waals surface area contributed by atoms with E-state index >= 15 is 0 Å². The van der Waals surface area contributed by atoms with Crippen molar-refractivity contribution in [2.24, 2.45) is 0 Å². The normalized spacial score (nSPS) is 11.4. The number of halogens is 2. The molecule has 2 aromatic carbocycles. The Labute approximate surface area is 164 Å². The highest BCUT2D eigenvalue weighted by Crippen LogP contribution is 2.35. The number of benzene rings is 2. The summed E-state index contributed by atoms with van der Waals surface area (Å²) >= 11 is 7.19. The van der Waals surface area contributed by atoms with Gasteiger partial charge < -0.3 is 15.0 Å². The lowest BCUT2D eigenvalue weighted by Crippen LogP contribution is -2.17. The summed E-state index contributed by atoms with van der Waals surface area (Å²) in [7, 11) is 0. The Morgan fingerprint density at radius 3 is 2.56 bits per heavy atom. The van der Waals surface area contributed by atoms with Crippen LogP contribution in [0, 0.1) is 0 Å². The highest BCUT2D eigenvalue weighted by atomic mass is 79.9. The van der Waals surface area contributed by atoms with Gasteiger partial charge in [0, 0.05) is 19.5 Å². The molecule has 25 heavy (non-hydrogen) atoms. The summed E-state index contributed by atoms with van der Waals surface area (Å²) in [5, 5.41) is 3.47. The van der Waals surface area contributed by atoms with Crippen LogP contribution in [0.1, 0.15) is 25.2 Å². The van der Waals surface area contributed by atoms with E-state index in [1.54, 1.807) is 0 Å². The van der Waals surface area contributed by atoms with Gasteiger partial charge in [-0.2, -0.15) is 0 Å². The number of aromatic nitrogens is 2.